The summed E-state index contributed by atoms with van der Waals surface area (Å²) in [5, 5.41) is 0. The number of aliphatic imine (C=N–C) groups is 1. The van der Waals surface area contributed by atoms with Crippen LogP contribution in [0.3, 0.4) is 0 Å². The van der Waals surface area contributed by atoms with Crippen molar-refractivity contribution in [3.05, 3.63) is 36.3 Å². The van der Waals surface area contributed by atoms with Crippen molar-refractivity contribution in [2.75, 3.05) is 24.6 Å². The lowest BCUT2D eigenvalue weighted by atomic mass is 10.5. The molecule has 19 heavy (non-hydrogen) atoms. The zero-order valence-corrected chi connectivity index (χ0v) is 11.5. The van der Waals surface area contributed by atoms with Gasteiger partial charge in [-0.25, -0.2) is 9.98 Å². The van der Waals surface area contributed by atoms with Crippen LogP contribution in [-0.2, 0) is 6.54 Å². The van der Waals surface area contributed by atoms with Gasteiger partial charge >= 0.3 is 0 Å². The third-order valence-electron chi connectivity index (χ3n) is 3.15. The number of aromatic nitrogens is 2. The van der Waals surface area contributed by atoms with Crippen LogP contribution in [-0.4, -0.2) is 44.8 Å². The Morgan fingerprint density at radius 3 is 3.00 bits per heavy atom. The van der Waals surface area contributed by atoms with Crippen LogP contribution in [0.15, 0.2) is 35.6 Å². The van der Waals surface area contributed by atoms with E-state index in [0.29, 0.717) is 12.5 Å². The molecule has 0 unspecified atom stereocenters. The van der Waals surface area contributed by atoms with Crippen molar-refractivity contribution in [1.82, 2.24) is 14.3 Å². The first-order valence-electron chi connectivity index (χ1n) is 6.38. The summed E-state index contributed by atoms with van der Waals surface area (Å²) in [5.41, 5.74) is 7.91. The molecule has 2 aromatic heterocycles. The van der Waals surface area contributed by atoms with Gasteiger partial charge in [0.15, 0.2) is 5.96 Å². The van der Waals surface area contributed by atoms with Crippen molar-refractivity contribution in [3.8, 4) is 0 Å². The van der Waals surface area contributed by atoms with Crippen LogP contribution >= 0.6 is 11.8 Å². The van der Waals surface area contributed by atoms with E-state index in [1.165, 1.54) is 0 Å². The molecule has 0 atom stereocenters. The lowest BCUT2D eigenvalue weighted by molar-refractivity contribution is 0.455. The Morgan fingerprint density at radius 2 is 2.21 bits per heavy atom. The standard InChI is InChI=1S/C13H17N5S/c14-13(17-5-7-19-8-6-17)15-9-11-10-18-4-2-1-3-12(18)16-11/h1-4,10H,5-9H2,(H2,14,15). The average Bonchev–Trinajstić information content (AvgIpc) is 2.88. The molecule has 0 aliphatic carbocycles. The second kappa shape index (κ2) is 5.52. The number of fused-ring (bicyclic) bond motifs is 1. The number of pyridine rings is 1. The smallest absolute Gasteiger partial charge is 0.191 e. The van der Waals surface area contributed by atoms with Gasteiger partial charge in [-0.1, -0.05) is 6.07 Å². The van der Waals surface area contributed by atoms with Crippen LogP contribution in [0.2, 0.25) is 0 Å². The minimum absolute atomic E-state index is 0.539. The van der Waals surface area contributed by atoms with Crippen molar-refractivity contribution in [2.45, 2.75) is 6.54 Å². The Hall–Kier alpha value is -1.69. The number of nitrogens with zero attached hydrogens (tertiary/aromatic N) is 4. The molecule has 100 valence electrons. The largest absolute Gasteiger partial charge is 0.370 e. The Bertz CT molecular complexity index is 552. The van der Waals surface area contributed by atoms with Crippen LogP contribution in [0.5, 0.6) is 0 Å². The molecule has 1 saturated heterocycles. The lowest BCUT2D eigenvalue weighted by Crippen LogP contribution is -2.42. The second-order valence-electron chi connectivity index (χ2n) is 4.47. The highest BCUT2D eigenvalue weighted by Crippen LogP contribution is 2.09. The molecule has 0 saturated carbocycles. The molecule has 1 aliphatic heterocycles. The number of thioether (sulfide) groups is 1. The highest BCUT2D eigenvalue weighted by molar-refractivity contribution is 7.99. The second-order valence-corrected chi connectivity index (χ2v) is 5.70. The molecule has 0 aromatic carbocycles. The minimum atomic E-state index is 0.539. The van der Waals surface area contributed by atoms with Gasteiger partial charge in [-0.05, 0) is 12.1 Å². The van der Waals surface area contributed by atoms with Crippen LogP contribution in [0.25, 0.3) is 5.65 Å². The highest BCUT2D eigenvalue weighted by atomic mass is 32.2. The third-order valence-corrected chi connectivity index (χ3v) is 4.09. The average molecular weight is 275 g/mol. The van der Waals surface area contributed by atoms with E-state index in [0.717, 1.165) is 35.9 Å². The van der Waals surface area contributed by atoms with Crippen LogP contribution in [0.4, 0.5) is 0 Å². The molecule has 0 amide bonds. The predicted molar refractivity (Wildman–Crippen MR) is 79.4 cm³/mol. The first-order chi connectivity index (χ1) is 9.33. The summed E-state index contributed by atoms with van der Waals surface area (Å²) in [7, 11) is 0. The SMILES string of the molecule is NC(=NCc1cn2ccccc2n1)N1CCSCC1. The Balaban J connectivity index is 1.70. The van der Waals surface area contributed by atoms with Gasteiger partial charge < -0.3 is 15.0 Å². The zero-order valence-electron chi connectivity index (χ0n) is 10.7. The predicted octanol–water partition coefficient (Wildman–Crippen LogP) is 1.20. The van der Waals surface area contributed by atoms with E-state index in [-0.39, 0.29) is 0 Å². The number of nitrogens with two attached hydrogens (primary N) is 1. The Labute approximate surface area is 116 Å². The van der Waals surface area contributed by atoms with Crippen LogP contribution in [0, 0.1) is 0 Å². The highest BCUT2D eigenvalue weighted by Gasteiger charge is 2.12. The van der Waals surface area contributed by atoms with E-state index >= 15 is 0 Å². The third kappa shape index (κ3) is 2.84. The van der Waals surface area contributed by atoms with E-state index in [1.54, 1.807) is 0 Å². The normalized spacial score (nSPS) is 17.1. The molecule has 3 heterocycles. The number of hydrogen-bond donors (Lipinski definition) is 1. The molecule has 0 radical (unpaired) electrons. The summed E-state index contributed by atoms with van der Waals surface area (Å²) in [4.78, 5) is 11.1. The number of guanidine groups is 1. The molecule has 1 aliphatic rings. The van der Waals surface area contributed by atoms with E-state index in [9.17, 15) is 0 Å². The van der Waals surface area contributed by atoms with E-state index in [2.05, 4.69) is 14.9 Å². The Kier molecular flexibility index (Phi) is 3.59. The summed E-state index contributed by atoms with van der Waals surface area (Å²) in [6.45, 7) is 2.52. The van der Waals surface area contributed by atoms with Gasteiger partial charge in [0, 0.05) is 37.0 Å². The number of imidazole rings is 1. The molecule has 2 aromatic rings. The minimum Gasteiger partial charge on any atom is -0.370 e. The van der Waals surface area contributed by atoms with Crippen molar-refractivity contribution in [1.29, 1.82) is 0 Å². The molecular weight excluding hydrogens is 258 g/mol. The van der Waals surface area contributed by atoms with Gasteiger partial charge in [-0.3, -0.25) is 0 Å². The van der Waals surface area contributed by atoms with Crippen molar-refractivity contribution in [2.24, 2.45) is 10.7 Å². The van der Waals surface area contributed by atoms with E-state index < -0.39 is 0 Å². The van der Waals surface area contributed by atoms with Crippen molar-refractivity contribution < 1.29 is 0 Å². The monoisotopic (exact) mass is 275 g/mol. The summed E-state index contributed by atoms with van der Waals surface area (Å²) >= 11 is 1.97. The zero-order chi connectivity index (χ0) is 13.1. The van der Waals surface area contributed by atoms with Gasteiger partial charge in [-0.2, -0.15) is 11.8 Å². The molecule has 1 fully saturated rings. The summed E-state index contributed by atoms with van der Waals surface area (Å²) in [6, 6.07) is 5.95. The molecular formula is C13H17N5S. The fourth-order valence-corrected chi connectivity index (χ4v) is 3.02. The van der Waals surface area contributed by atoms with E-state index in [1.807, 2.05) is 46.8 Å². The molecule has 2 N–H and O–H groups in total. The first-order valence-corrected chi connectivity index (χ1v) is 7.53. The maximum absolute atomic E-state index is 6.02. The molecule has 6 heteroatoms. The molecule has 5 nitrogen and oxygen atoms in total. The van der Waals surface area contributed by atoms with Gasteiger partial charge in [0.05, 0.1) is 12.2 Å². The fraction of sp³-hybridized carbons (Fsp3) is 0.385. The van der Waals surface area contributed by atoms with Crippen molar-refractivity contribution >= 4 is 23.4 Å². The van der Waals surface area contributed by atoms with Gasteiger partial charge in [0.25, 0.3) is 0 Å². The molecule has 3 rings (SSSR count). The molecule has 0 bridgehead atoms. The Morgan fingerprint density at radius 1 is 1.37 bits per heavy atom. The van der Waals surface area contributed by atoms with Crippen molar-refractivity contribution in [3.63, 3.8) is 0 Å². The van der Waals surface area contributed by atoms with Crippen LogP contribution in [0.1, 0.15) is 5.69 Å². The summed E-state index contributed by atoms with van der Waals surface area (Å²) in [5.74, 6) is 2.90. The number of hydrogen-bond acceptors (Lipinski definition) is 3. The maximum atomic E-state index is 6.02. The first kappa shape index (κ1) is 12.3. The summed E-state index contributed by atoms with van der Waals surface area (Å²) < 4.78 is 2.00. The quantitative estimate of drug-likeness (QED) is 0.661. The molecule has 0 spiro atoms. The topological polar surface area (TPSA) is 58.9 Å². The van der Waals surface area contributed by atoms with Crippen LogP contribution < -0.4 is 5.73 Å². The maximum Gasteiger partial charge on any atom is 0.191 e. The van der Waals surface area contributed by atoms with Gasteiger partial charge in [-0.15, -0.1) is 0 Å². The number of rotatable bonds is 2. The summed E-state index contributed by atoms with van der Waals surface area (Å²) in [6.07, 6.45) is 3.99. The van der Waals surface area contributed by atoms with Gasteiger partial charge in [0.2, 0.25) is 0 Å². The van der Waals surface area contributed by atoms with Gasteiger partial charge in [0.1, 0.15) is 5.65 Å². The lowest BCUT2D eigenvalue weighted by Gasteiger charge is -2.27. The van der Waals surface area contributed by atoms with E-state index in [4.69, 9.17) is 5.73 Å². The fourth-order valence-electron chi connectivity index (χ4n) is 2.12.